The summed E-state index contributed by atoms with van der Waals surface area (Å²) >= 11 is 0. The molecule has 1 aromatic carbocycles. The van der Waals surface area contributed by atoms with E-state index in [0.717, 1.165) is 13.1 Å². The van der Waals surface area contributed by atoms with Crippen molar-refractivity contribution in [2.45, 2.75) is 6.92 Å². The zero-order valence-corrected chi connectivity index (χ0v) is 14.5. The molecule has 0 atom stereocenters. The molecule has 2 amide bonds. The Morgan fingerprint density at radius 3 is 2.32 bits per heavy atom. The molecule has 0 aromatic heterocycles. The minimum atomic E-state index is -0.370. The maximum absolute atomic E-state index is 13.7. The maximum atomic E-state index is 13.7. The number of carbonyl (C=O) groups excluding carboxylic acids is 2. The smallest absolute Gasteiger partial charge is 0.254 e. The molecule has 0 aliphatic carbocycles. The van der Waals surface area contributed by atoms with E-state index in [1.165, 1.54) is 6.07 Å². The molecule has 0 N–H and O–H groups in total. The number of amides is 2. The van der Waals surface area contributed by atoms with Gasteiger partial charge in [-0.1, -0.05) is 6.07 Å². The average molecular weight is 349 g/mol. The second kappa shape index (κ2) is 7.93. The Bertz CT molecular complexity index is 638. The van der Waals surface area contributed by atoms with Crippen molar-refractivity contribution in [3.8, 4) is 0 Å². The Morgan fingerprint density at radius 1 is 1.04 bits per heavy atom. The van der Waals surface area contributed by atoms with Crippen LogP contribution in [0.1, 0.15) is 15.9 Å². The summed E-state index contributed by atoms with van der Waals surface area (Å²) in [5.41, 5.74) is 0.881. The molecule has 136 valence electrons. The summed E-state index contributed by atoms with van der Waals surface area (Å²) in [6.45, 7) is 6.96. The van der Waals surface area contributed by atoms with E-state index in [0.29, 0.717) is 57.1 Å². The average Bonchev–Trinajstić information content (AvgIpc) is 2.64. The highest BCUT2D eigenvalue weighted by Crippen LogP contribution is 2.13. The number of halogens is 1. The first-order valence-electron chi connectivity index (χ1n) is 8.68. The second-order valence-electron chi connectivity index (χ2n) is 6.53. The lowest BCUT2D eigenvalue weighted by Crippen LogP contribution is -2.53. The van der Waals surface area contributed by atoms with Crippen LogP contribution in [0.4, 0.5) is 4.39 Å². The van der Waals surface area contributed by atoms with E-state index in [2.05, 4.69) is 4.90 Å². The first kappa shape index (κ1) is 17.8. The van der Waals surface area contributed by atoms with Crippen LogP contribution in [0.5, 0.6) is 0 Å². The highest BCUT2D eigenvalue weighted by molar-refractivity contribution is 5.94. The molecule has 0 radical (unpaired) electrons. The largest absolute Gasteiger partial charge is 0.379 e. The Labute approximate surface area is 147 Å². The van der Waals surface area contributed by atoms with Crippen molar-refractivity contribution in [2.75, 3.05) is 59.0 Å². The number of hydrogen-bond acceptors (Lipinski definition) is 4. The number of carbonyl (C=O) groups is 2. The molecular weight excluding hydrogens is 325 g/mol. The van der Waals surface area contributed by atoms with E-state index in [-0.39, 0.29) is 17.6 Å². The summed E-state index contributed by atoms with van der Waals surface area (Å²) in [5, 5.41) is 0. The molecule has 0 spiro atoms. The topological polar surface area (TPSA) is 53.1 Å². The van der Waals surface area contributed by atoms with Gasteiger partial charge in [0.1, 0.15) is 5.82 Å². The van der Waals surface area contributed by atoms with Gasteiger partial charge in [-0.05, 0) is 24.6 Å². The Kier molecular flexibility index (Phi) is 5.65. The van der Waals surface area contributed by atoms with Gasteiger partial charge in [-0.3, -0.25) is 14.5 Å². The first-order chi connectivity index (χ1) is 12.0. The standard InChI is InChI=1S/C18H24FN3O3/c1-14-2-3-15(12-16(14)19)18(24)22-6-4-21(5-7-22)17(23)13-20-8-10-25-11-9-20/h2-3,12H,4-11,13H2,1H3. The van der Waals surface area contributed by atoms with E-state index in [4.69, 9.17) is 4.74 Å². The quantitative estimate of drug-likeness (QED) is 0.808. The maximum Gasteiger partial charge on any atom is 0.254 e. The van der Waals surface area contributed by atoms with Crippen LogP contribution in [-0.4, -0.2) is 85.5 Å². The molecule has 25 heavy (non-hydrogen) atoms. The molecule has 0 unspecified atom stereocenters. The van der Waals surface area contributed by atoms with Crippen LogP contribution in [-0.2, 0) is 9.53 Å². The molecule has 1 aromatic rings. The Balaban J connectivity index is 1.51. The zero-order valence-electron chi connectivity index (χ0n) is 14.5. The number of hydrogen-bond donors (Lipinski definition) is 0. The van der Waals surface area contributed by atoms with E-state index in [9.17, 15) is 14.0 Å². The Morgan fingerprint density at radius 2 is 1.68 bits per heavy atom. The fourth-order valence-corrected chi connectivity index (χ4v) is 3.12. The molecular formula is C18H24FN3O3. The van der Waals surface area contributed by atoms with Gasteiger partial charge >= 0.3 is 0 Å². The minimum Gasteiger partial charge on any atom is -0.379 e. The van der Waals surface area contributed by atoms with E-state index in [1.54, 1.807) is 28.9 Å². The van der Waals surface area contributed by atoms with Crippen LogP contribution in [0.2, 0.25) is 0 Å². The second-order valence-corrected chi connectivity index (χ2v) is 6.53. The SMILES string of the molecule is Cc1ccc(C(=O)N2CCN(C(=O)CN3CCOCC3)CC2)cc1F. The van der Waals surface area contributed by atoms with E-state index in [1.807, 2.05) is 0 Å². The molecule has 2 heterocycles. The van der Waals surface area contributed by atoms with Gasteiger partial charge in [0, 0.05) is 44.8 Å². The summed E-state index contributed by atoms with van der Waals surface area (Å²) in [5.74, 6) is -0.459. The number of benzene rings is 1. The summed E-state index contributed by atoms with van der Waals surface area (Å²) < 4.78 is 18.9. The van der Waals surface area contributed by atoms with Crippen molar-refractivity contribution in [1.29, 1.82) is 0 Å². The molecule has 0 bridgehead atoms. The fraction of sp³-hybridized carbons (Fsp3) is 0.556. The van der Waals surface area contributed by atoms with Crippen molar-refractivity contribution < 1.29 is 18.7 Å². The minimum absolute atomic E-state index is 0.0929. The summed E-state index contributed by atoms with van der Waals surface area (Å²) in [4.78, 5) is 30.5. The molecule has 6 nitrogen and oxygen atoms in total. The third-order valence-electron chi connectivity index (χ3n) is 4.80. The van der Waals surface area contributed by atoms with Gasteiger partial charge in [-0.2, -0.15) is 0 Å². The number of ether oxygens (including phenoxy) is 1. The molecule has 2 aliphatic heterocycles. The predicted molar refractivity (Wildman–Crippen MR) is 90.9 cm³/mol. The lowest BCUT2D eigenvalue weighted by atomic mass is 10.1. The van der Waals surface area contributed by atoms with Crippen LogP contribution in [0.3, 0.4) is 0 Å². The van der Waals surface area contributed by atoms with Crippen molar-refractivity contribution in [3.05, 3.63) is 35.1 Å². The lowest BCUT2D eigenvalue weighted by Gasteiger charge is -2.36. The zero-order chi connectivity index (χ0) is 17.8. The van der Waals surface area contributed by atoms with Crippen molar-refractivity contribution >= 4 is 11.8 Å². The third kappa shape index (κ3) is 4.35. The molecule has 2 aliphatic rings. The van der Waals surface area contributed by atoms with Crippen LogP contribution in [0, 0.1) is 12.7 Å². The lowest BCUT2D eigenvalue weighted by molar-refractivity contribution is -0.134. The molecule has 3 rings (SSSR count). The number of aryl methyl sites for hydroxylation is 1. The van der Waals surface area contributed by atoms with Gasteiger partial charge in [0.25, 0.3) is 5.91 Å². The number of nitrogens with zero attached hydrogens (tertiary/aromatic N) is 3. The fourth-order valence-electron chi connectivity index (χ4n) is 3.12. The molecule has 2 saturated heterocycles. The summed E-state index contributed by atoms with van der Waals surface area (Å²) in [6.07, 6.45) is 0. The monoisotopic (exact) mass is 349 g/mol. The third-order valence-corrected chi connectivity index (χ3v) is 4.80. The van der Waals surface area contributed by atoms with Gasteiger partial charge in [0.05, 0.1) is 19.8 Å². The van der Waals surface area contributed by atoms with Crippen molar-refractivity contribution in [3.63, 3.8) is 0 Å². The number of morpholine rings is 1. The summed E-state index contributed by atoms with van der Waals surface area (Å²) in [7, 11) is 0. The molecule has 2 fully saturated rings. The van der Waals surface area contributed by atoms with Crippen LogP contribution in [0.15, 0.2) is 18.2 Å². The van der Waals surface area contributed by atoms with E-state index >= 15 is 0 Å². The predicted octanol–water partition coefficient (Wildman–Crippen LogP) is 0.751. The van der Waals surface area contributed by atoms with Gasteiger partial charge in [0.15, 0.2) is 0 Å². The number of rotatable bonds is 3. The highest BCUT2D eigenvalue weighted by atomic mass is 19.1. The van der Waals surface area contributed by atoms with Crippen LogP contribution >= 0.6 is 0 Å². The van der Waals surface area contributed by atoms with Crippen molar-refractivity contribution in [1.82, 2.24) is 14.7 Å². The molecule has 7 heteroatoms. The Hall–Kier alpha value is -1.99. The van der Waals surface area contributed by atoms with Crippen LogP contribution in [0.25, 0.3) is 0 Å². The van der Waals surface area contributed by atoms with Gasteiger partial charge in [-0.15, -0.1) is 0 Å². The van der Waals surface area contributed by atoms with Crippen LogP contribution < -0.4 is 0 Å². The van der Waals surface area contributed by atoms with E-state index < -0.39 is 0 Å². The summed E-state index contributed by atoms with van der Waals surface area (Å²) in [6, 6.07) is 4.55. The first-order valence-corrected chi connectivity index (χ1v) is 8.68. The number of piperazine rings is 1. The highest BCUT2D eigenvalue weighted by Gasteiger charge is 2.26. The van der Waals surface area contributed by atoms with Crippen molar-refractivity contribution in [2.24, 2.45) is 0 Å². The molecule has 0 saturated carbocycles. The normalized spacial score (nSPS) is 19.1. The van der Waals surface area contributed by atoms with Gasteiger partial charge < -0.3 is 14.5 Å². The van der Waals surface area contributed by atoms with Gasteiger partial charge in [-0.25, -0.2) is 4.39 Å². The van der Waals surface area contributed by atoms with Gasteiger partial charge in [0.2, 0.25) is 5.91 Å².